The normalized spacial score (nSPS) is 43.3. The molecule has 0 aromatic heterocycles. The van der Waals surface area contributed by atoms with Crippen LogP contribution >= 0.6 is 8.25 Å². The predicted octanol–water partition coefficient (Wildman–Crippen LogP) is 1.73. The lowest BCUT2D eigenvalue weighted by Gasteiger charge is -2.23. The Labute approximate surface area is 118 Å². The minimum atomic E-state index is -2.16. The highest BCUT2D eigenvalue weighted by molar-refractivity contribution is 7.33. The zero-order chi connectivity index (χ0) is 14.5. The van der Waals surface area contributed by atoms with Crippen molar-refractivity contribution in [2.45, 2.75) is 63.7 Å². The fraction of sp³-hybridized carbons (Fsp3) is 1.00. The molecule has 0 N–H and O–H groups in total. The molecule has 7 nitrogen and oxygen atoms in total. The van der Waals surface area contributed by atoms with Crippen LogP contribution in [0.25, 0.3) is 0 Å². The van der Waals surface area contributed by atoms with Gasteiger partial charge in [-0.05, 0) is 27.7 Å². The Kier molecular flexibility index (Phi) is 3.66. The molecule has 3 fully saturated rings. The second kappa shape index (κ2) is 4.95. The molecule has 20 heavy (non-hydrogen) atoms. The Morgan fingerprint density at radius 3 is 1.55 bits per heavy atom. The minimum absolute atomic E-state index is 0.330. The van der Waals surface area contributed by atoms with Gasteiger partial charge in [0, 0.05) is 4.57 Å². The van der Waals surface area contributed by atoms with E-state index >= 15 is 0 Å². The van der Waals surface area contributed by atoms with Crippen LogP contribution in [0.1, 0.15) is 27.7 Å². The van der Waals surface area contributed by atoms with Gasteiger partial charge in [-0.3, -0.25) is 0 Å². The summed E-state index contributed by atoms with van der Waals surface area (Å²) in [6.45, 7) is 8.06. The van der Waals surface area contributed by atoms with Crippen molar-refractivity contribution in [2.75, 3.05) is 13.2 Å². The number of hydrogen-bond acceptors (Lipinski definition) is 7. The van der Waals surface area contributed by atoms with Gasteiger partial charge in [-0.2, -0.15) is 0 Å². The maximum atomic E-state index is 11.6. The molecule has 3 aliphatic rings. The van der Waals surface area contributed by atoms with Crippen molar-refractivity contribution < 1.29 is 32.6 Å². The molecule has 3 rings (SSSR count). The van der Waals surface area contributed by atoms with Crippen LogP contribution in [0.5, 0.6) is 0 Å². The van der Waals surface area contributed by atoms with Gasteiger partial charge in [-0.1, -0.05) is 0 Å². The quantitative estimate of drug-likeness (QED) is 0.719. The van der Waals surface area contributed by atoms with Crippen LogP contribution in [0.4, 0.5) is 0 Å². The first kappa shape index (κ1) is 14.8. The van der Waals surface area contributed by atoms with Gasteiger partial charge in [-0.25, -0.2) is 0 Å². The highest BCUT2D eigenvalue weighted by Crippen LogP contribution is 2.45. The van der Waals surface area contributed by atoms with Crippen molar-refractivity contribution in [3.8, 4) is 0 Å². The summed E-state index contributed by atoms with van der Waals surface area (Å²) in [4.78, 5) is 0. The van der Waals surface area contributed by atoms with Crippen molar-refractivity contribution in [3.63, 3.8) is 0 Å². The molecule has 0 aromatic rings. The maximum Gasteiger partial charge on any atom is 0.698 e. The molecule has 0 aromatic carbocycles. The van der Waals surface area contributed by atoms with E-state index in [1.165, 1.54) is 0 Å². The third kappa shape index (κ3) is 2.90. The van der Waals surface area contributed by atoms with Crippen LogP contribution in [-0.2, 0) is 32.6 Å². The van der Waals surface area contributed by atoms with E-state index in [4.69, 9.17) is 28.0 Å². The van der Waals surface area contributed by atoms with Crippen LogP contribution in [0.2, 0.25) is 0 Å². The summed E-state index contributed by atoms with van der Waals surface area (Å²) in [6, 6.07) is 0. The highest BCUT2D eigenvalue weighted by atomic mass is 31.1. The summed E-state index contributed by atoms with van der Waals surface area (Å²) in [5, 5.41) is 0. The van der Waals surface area contributed by atoms with E-state index in [-0.39, 0.29) is 12.2 Å². The van der Waals surface area contributed by atoms with Gasteiger partial charge in [0.15, 0.2) is 23.8 Å². The van der Waals surface area contributed by atoms with Crippen molar-refractivity contribution in [1.82, 2.24) is 0 Å². The molecule has 8 heteroatoms. The maximum absolute atomic E-state index is 11.6. The number of hydrogen-bond donors (Lipinski definition) is 0. The van der Waals surface area contributed by atoms with Crippen LogP contribution < -0.4 is 0 Å². The lowest BCUT2D eigenvalue weighted by molar-refractivity contribution is -0.165. The fourth-order valence-electron chi connectivity index (χ4n) is 2.66. The highest BCUT2D eigenvalue weighted by Gasteiger charge is 2.59. The third-order valence-electron chi connectivity index (χ3n) is 3.53. The predicted molar refractivity (Wildman–Crippen MR) is 67.2 cm³/mol. The van der Waals surface area contributed by atoms with Crippen LogP contribution in [0.15, 0.2) is 0 Å². The Bertz CT molecular complexity index is 375. The smallest absolute Gasteiger partial charge is 0.348 e. The molecule has 0 spiro atoms. The summed E-state index contributed by atoms with van der Waals surface area (Å²) < 4.78 is 45.0. The van der Waals surface area contributed by atoms with Crippen molar-refractivity contribution in [2.24, 2.45) is 0 Å². The largest absolute Gasteiger partial charge is 0.698 e. The second-order valence-corrected chi connectivity index (χ2v) is 6.97. The summed E-state index contributed by atoms with van der Waals surface area (Å²) in [6.07, 6.45) is -1.63. The molecule has 0 aliphatic carbocycles. The summed E-state index contributed by atoms with van der Waals surface area (Å²) in [5.41, 5.74) is 0. The molecule has 3 heterocycles. The summed E-state index contributed by atoms with van der Waals surface area (Å²) in [5.74, 6) is -1.34. The van der Waals surface area contributed by atoms with Crippen molar-refractivity contribution >= 4 is 8.25 Å². The van der Waals surface area contributed by atoms with Gasteiger partial charge in [0.25, 0.3) is 0 Å². The van der Waals surface area contributed by atoms with E-state index in [2.05, 4.69) is 0 Å². The van der Waals surface area contributed by atoms with E-state index < -0.39 is 32.0 Å². The van der Waals surface area contributed by atoms with E-state index in [1.54, 1.807) is 0 Å². The number of ether oxygens (including phenoxy) is 4. The average molecular weight is 307 g/mol. The molecular formula is C12H20O7P+. The van der Waals surface area contributed by atoms with Crippen LogP contribution in [0, 0.1) is 0 Å². The molecule has 3 aliphatic heterocycles. The Morgan fingerprint density at radius 2 is 1.25 bits per heavy atom. The van der Waals surface area contributed by atoms with Gasteiger partial charge in [0.1, 0.15) is 12.2 Å². The van der Waals surface area contributed by atoms with Gasteiger partial charge in [0.05, 0.1) is 13.2 Å². The Hall–Kier alpha value is -0.140. The molecule has 0 amide bonds. The Balaban J connectivity index is 1.71. The third-order valence-corrected chi connectivity index (χ3v) is 4.36. The first-order chi connectivity index (χ1) is 9.26. The van der Waals surface area contributed by atoms with Gasteiger partial charge >= 0.3 is 8.25 Å². The molecule has 0 saturated carbocycles. The van der Waals surface area contributed by atoms with Gasteiger partial charge < -0.3 is 18.9 Å². The first-order valence-corrected chi connectivity index (χ1v) is 7.80. The number of rotatable bonds is 2. The standard InChI is InChI=1S/C12H20O7P/c1-11(2)14-5-7(16-11)9-10(19-20(13)18-9)8-6-15-12(3,4)17-8/h7-10H,5-6H2,1-4H3/q+1/t7-,8-,9-,10-/m1/s1. The van der Waals surface area contributed by atoms with Crippen LogP contribution in [0.3, 0.4) is 0 Å². The molecule has 114 valence electrons. The van der Waals surface area contributed by atoms with Gasteiger partial charge in [0.2, 0.25) is 0 Å². The molecule has 4 atom stereocenters. The first-order valence-electron chi connectivity index (χ1n) is 6.70. The van der Waals surface area contributed by atoms with E-state index in [9.17, 15) is 4.57 Å². The lowest BCUT2D eigenvalue weighted by atomic mass is 10.0. The summed E-state index contributed by atoms with van der Waals surface area (Å²) in [7, 11) is -2.16. The average Bonchev–Trinajstić information content (AvgIpc) is 2.96. The zero-order valence-electron chi connectivity index (χ0n) is 12.0. The van der Waals surface area contributed by atoms with E-state index in [0.29, 0.717) is 13.2 Å². The molecule has 3 saturated heterocycles. The molecule has 0 bridgehead atoms. The lowest BCUT2D eigenvalue weighted by Crippen LogP contribution is -2.45. The Morgan fingerprint density at radius 1 is 0.850 bits per heavy atom. The van der Waals surface area contributed by atoms with E-state index in [1.807, 2.05) is 27.7 Å². The molecule has 0 radical (unpaired) electrons. The topological polar surface area (TPSA) is 72.5 Å². The van der Waals surface area contributed by atoms with Crippen molar-refractivity contribution in [3.05, 3.63) is 0 Å². The van der Waals surface area contributed by atoms with Crippen LogP contribution in [-0.4, -0.2) is 49.2 Å². The fourth-order valence-corrected chi connectivity index (χ4v) is 3.62. The molecule has 0 unspecified atom stereocenters. The zero-order valence-corrected chi connectivity index (χ0v) is 12.9. The van der Waals surface area contributed by atoms with Crippen molar-refractivity contribution in [1.29, 1.82) is 0 Å². The SMILES string of the molecule is CC1(C)OC[C@H]([C@H]2O[P+](=O)O[C@@H]2[C@H]2COC(C)(C)O2)O1. The second-order valence-electron chi connectivity index (χ2n) is 6.10. The minimum Gasteiger partial charge on any atom is -0.348 e. The summed E-state index contributed by atoms with van der Waals surface area (Å²) >= 11 is 0. The van der Waals surface area contributed by atoms with Gasteiger partial charge in [-0.15, -0.1) is 9.05 Å². The monoisotopic (exact) mass is 307 g/mol. The van der Waals surface area contributed by atoms with E-state index in [0.717, 1.165) is 0 Å². The molecular weight excluding hydrogens is 287 g/mol.